The Bertz CT molecular complexity index is 876. The second-order valence-corrected chi connectivity index (χ2v) is 8.93. The number of imidazole rings is 1. The molecule has 0 radical (unpaired) electrons. The molecule has 8 nitrogen and oxygen atoms in total. The molecule has 0 unspecified atom stereocenters. The standard InChI is InChI=1S/C21H30N6O2/c1-14-8-27(9-15(2)29-14)20-23-6-17-11-28-13-21(19(17)25-20)4-5-26(12-21)10-18-7-22-16(3)24-18/h6-7,14-15H,4-5,8-13H2,1-3H3,(H,22,24)/t14-,15-,21-/m1/s1. The maximum atomic E-state index is 6.00. The van der Waals surface area contributed by atoms with Crippen LogP contribution in [0, 0.1) is 6.92 Å². The van der Waals surface area contributed by atoms with Gasteiger partial charge in [-0.05, 0) is 33.7 Å². The van der Waals surface area contributed by atoms with Crippen LogP contribution in [-0.4, -0.2) is 69.8 Å². The third kappa shape index (κ3) is 3.65. The minimum Gasteiger partial charge on any atom is -0.376 e. The number of aryl methyl sites for hydroxylation is 1. The number of aromatic amines is 1. The van der Waals surface area contributed by atoms with Crippen LogP contribution in [0.3, 0.4) is 0 Å². The number of hydrogen-bond donors (Lipinski definition) is 1. The molecule has 2 fully saturated rings. The Labute approximate surface area is 171 Å². The predicted molar refractivity (Wildman–Crippen MR) is 109 cm³/mol. The molecule has 0 aliphatic carbocycles. The number of morpholine rings is 1. The Morgan fingerprint density at radius 1 is 1.21 bits per heavy atom. The van der Waals surface area contributed by atoms with Crippen molar-refractivity contribution in [3.05, 3.63) is 35.2 Å². The minimum atomic E-state index is -0.0517. The van der Waals surface area contributed by atoms with Crippen LogP contribution in [0.2, 0.25) is 0 Å². The van der Waals surface area contributed by atoms with E-state index in [2.05, 4.69) is 38.6 Å². The van der Waals surface area contributed by atoms with E-state index in [1.165, 1.54) is 5.69 Å². The molecule has 3 atom stereocenters. The number of nitrogens with zero attached hydrogens (tertiary/aromatic N) is 5. The predicted octanol–water partition coefficient (Wildman–Crippen LogP) is 1.80. The molecule has 0 bridgehead atoms. The second-order valence-electron chi connectivity index (χ2n) is 8.93. The van der Waals surface area contributed by atoms with E-state index < -0.39 is 0 Å². The first kappa shape index (κ1) is 19.0. The summed E-state index contributed by atoms with van der Waals surface area (Å²) in [6, 6.07) is 0. The lowest BCUT2D eigenvalue weighted by Gasteiger charge is -2.38. The highest BCUT2D eigenvalue weighted by Gasteiger charge is 2.45. The molecule has 0 aromatic carbocycles. The van der Waals surface area contributed by atoms with E-state index in [1.807, 2.05) is 19.3 Å². The van der Waals surface area contributed by atoms with Crippen molar-refractivity contribution in [3.8, 4) is 0 Å². The van der Waals surface area contributed by atoms with Gasteiger partial charge in [0.1, 0.15) is 5.82 Å². The molecule has 2 saturated heterocycles. The average molecular weight is 399 g/mol. The van der Waals surface area contributed by atoms with Crippen LogP contribution in [-0.2, 0) is 28.0 Å². The number of rotatable bonds is 3. The van der Waals surface area contributed by atoms with Gasteiger partial charge >= 0.3 is 0 Å². The van der Waals surface area contributed by atoms with Gasteiger partial charge in [0.25, 0.3) is 0 Å². The molecule has 3 aliphatic rings. The number of likely N-dealkylation sites (tertiary alicyclic amines) is 1. The van der Waals surface area contributed by atoms with Gasteiger partial charge in [-0.1, -0.05) is 0 Å². The Kier molecular flexibility index (Phi) is 4.80. The third-order valence-corrected chi connectivity index (χ3v) is 6.27. The van der Waals surface area contributed by atoms with Gasteiger partial charge in [-0.25, -0.2) is 15.0 Å². The van der Waals surface area contributed by atoms with Gasteiger partial charge in [0.05, 0.1) is 36.5 Å². The largest absolute Gasteiger partial charge is 0.376 e. The van der Waals surface area contributed by atoms with Crippen molar-refractivity contribution < 1.29 is 9.47 Å². The summed E-state index contributed by atoms with van der Waals surface area (Å²) in [7, 11) is 0. The molecule has 2 aromatic rings. The molecular weight excluding hydrogens is 368 g/mol. The lowest BCUT2D eigenvalue weighted by molar-refractivity contribution is -0.00584. The first-order valence-corrected chi connectivity index (χ1v) is 10.6. The quantitative estimate of drug-likeness (QED) is 0.844. The van der Waals surface area contributed by atoms with Crippen molar-refractivity contribution in [2.75, 3.05) is 37.7 Å². The number of anilines is 1. The van der Waals surface area contributed by atoms with E-state index in [-0.39, 0.29) is 17.6 Å². The summed E-state index contributed by atoms with van der Waals surface area (Å²) in [5.74, 6) is 1.79. The van der Waals surface area contributed by atoms with E-state index >= 15 is 0 Å². The van der Waals surface area contributed by atoms with Crippen LogP contribution < -0.4 is 4.90 Å². The number of nitrogens with one attached hydrogen (secondary N) is 1. The summed E-state index contributed by atoms with van der Waals surface area (Å²) in [5.41, 5.74) is 3.43. The van der Waals surface area contributed by atoms with Crippen LogP contribution in [0.5, 0.6) is 0 Å². The normalized spacial score (nSPS) is 30.1. The molecule has 1 N–H and O–H groups in total. The molecule has 1 spiro atoms. The molecule has 29 heavy (non-hydrogen) atoms. The van der Waals surface area contributed by atoms with Crippen molar-refractivity contribution in [2.24, 2.45) is 0 Å². The molecule has 156 valence electrons. The zero-order chi connectivity index (χ0) is 20.0. The maximum Gasteiger partial charge on any atom is 0.225 e. The van der Waals surface area contributed by atoms with Crippen molar-refractivity contribution in [3.63, 3.8) is 0 Å². The fourth-order valence-electron chi connectivity index (χ4n) is 5.08. The fraction of sp³-hybridized carbons (Fsp3) is 0.667. The maximum absolute atomic E-state index is 6.00. The van der Waals surface area contributed by atoms with Gasteiger partial charge in [0, 0.05) is 49.8 Å². The van der Waals surface area contributed by atoms with Crippen molar-refractivity contribution in [2.45, 2.75) is 58.0 Å². The molecule has 2 aromatic heterocycles. The topological polar surface area (TPSA) is 79.4 Å². The molecule has 8 heteroatoms. The lowest BCUT2D eigenvalue weighted by Crippen LogP contribution is -2.47. The van der Waals surface area contributed by atoms with Crippen molar-refractivity contribution in [1.29, 1.82) is 0 Å². The highest BCUT2D eigenvalue weighted by molar-refractivity contribution is 5.39. The van der Waals surface area contributed by atoms with Gasteiger partial charge in [-0.15, -0.1) is 0 Å². The Morgan fingerprint density at radius 2 is 2.03 bits per heavy atom. The van der Waals surface area contributed by atoms with Gasteiger partial charge in [0.15, 0.2) is 0 Å². The molecule has 5 rings (SSSR count). The first-order valence-electron chi connectivity index (χ1n) is 10.6. The van der Waals surface area contributed by atoms with E-state index in [0.29, 0.717) is 6.61 Å². The van der Waals surface area contributed by atoms with Crippen LogP contribution in [0.4, 0.5) is 5.95 Å². The zero-order valence-electron chi connectivity index (χ0n) is 17.5. The van der Waals surface area contributed by atoms with Crippen LogP contribution >= 0.6 is 0 Å². The minimum absolute atomic E-state index is 0.0517. The molecule has 0 saturated carbocycles. The monoisotopic (exact) mass is 398 g/mol. The number of fused-ring (bicyclic) bond motifs is 2. The first-order chi connectivity index (χ1) is 14.0. The van der Waals surface area contributed by atoms with Gasteiger partial charge in [0.2, 0.25) is 5.95 Å². The van der Waals surface area contributed by atoms with Crippen molar-refractivity contribution in [1.82, 2.24) is 24.8 Å². The summed E-state index contributed by atoms with van der Waals surface area (Å²) in [6.45, 7) is 12.1. The van der Waals surface area contributed by atoms with Gasteiger partial charge < -0.3 is 19.4 Å². The third-order valence-electron chi connectivity index (χ3n) is 6.27. The summed E-state index contributed by atoms with van der Waals surface area (Å²) in [6.07, 6.45) is 5.35. The molecule has 3 aliphatic heterocycles. The smallest absolute Gasteiger partial charge is 0.225 e. The number of aromatic nitrogens is 4. The lowest BCUT2D eigenvalue weighted by atomic mass is 9.80. The van der Waals surface area contributed by atoms with E-state index in [0.717, 1.165) is 68.8 Å². The molecule has 5 heterocycles. The van der Waals surface area contributed by atoms with Crippen molar-refractivity contribution >= 4 is 5.95 Å². The van der Waals surface area contributed by atoms with Gasteiger partial charge in [-0.2, -0.15) is 0 Å². The highest BCUT2D eigenvalue weighted by Crippen LogP contribution is 2.40. The van der Waals surface area contributed by atoms with E-state index in [1.54, 1.807) is 0 Å². The Morgan fingerprint density at radius 3 is 2.79 bits per heavy atom. The second kappa shape index (κ2) is 7.34. The summed E-state index contributed by atoms with van der Waals surface area (Å²) < 4.78 is 11.9. The zero-order valence-corrected chi connectivity index (χ0v) is 17.5. The Hall–Kier alpha value is -2.03. The van der Waals surface area contributed by atoms with E-state index in [4.69, 9.17) is 14.5 Å². The summed E-state index contributed by atoms with van der Waals surface area (Å²) in [4.78, 5) is 22.2. The van der Waals surface area contributed by atoms with E-state index in [9.17, 15) is 0 Å². The SMILES string of the molecule is Cc1ncc(CN2CC[C@]3(COCc4cnc(N5C[C@@H](C)O[C@H](C)C5)nc43)C2)[nH]1. The van der Waals surface area contributed by atoms with Crippen LogP contribution in [0.25, 0.3) is 0 Å². The number of ether oxygens (including phenoxy) is 2. The number of hydrogen-bond acceptors (Lipinski definition) is 7. The van der Waals surface area contributed by atoms with Crippen LogP contribution in [0.15, 0.2) is 12.4 Å². The van der Waals surface area contributed by atoms with Gasteiger partial charge in [-0.3, -0.25) is 4.90 Å². The average Bonchev–Trinajstić information content (AvgIpc) is 3.28. The molecule has 0 amide bonds. The fourth-order valence-corrected chi connectivity index (χ4v) is 5.08. The summed E-state index contributed by atoms with van der Waals surface area (Å²) >= 11 is 0. The number of H-pyrrole nitrogens is 1. The summed E-state index contributed by atoms with van der Waals surface area (Å²) in [5, 5.41) is 0. The van der Waals surface area contributed by atoms with Crippen LogP contribution in [0.1, 0.15) is 43.0 Å². The highest BCUT2D eigenvalue weighted by atomic mass is 16.5. The molecular formula is C21H30N6O2. The Balaban J connectivity index is 1.39.